The molecular formula is C10H12ClNO4S. The third kappa shape index (κ3) is 3.34. The van der Waals surface area contributed by atoms with Gasteiger partial charge < -0.3 is 10.1 Å². The molecule has 0 aliphatic carbocycles. The van der Waals surface area contributed by atoms with Gasteiger partial charge in [-0.1, -0.05) is 0 Å². The molecule has 7 heteroatoms. The van der Waals surface area contributed by atoms with Gasteiger partial charge in [0.05, 0.1) is 17.7 Å². The van der Waals surface area contributed by atoms with Gasteiger partial charge in [-0.3, -0.25) is 4.79 Å². The van der Waals surface area contributed by atoms with Crippen molar-refractivity contribution in [2.45, 2.75) is 18.7 Å². The van der Waals surface area contributed by atoms with Crippen molar-refractivity contribution in [1.29, 1.82) is 0 Å². The average molecular weight is 278 g/mol. The lowest BCUT2D eigenvalue weighted by molar-refractivity contribution is -0.114. The van der Waals surface area contributed by atoms with Crippen LogP contribution < -0.4 is 10.1 Å². The lowest BCUT2D eigenvalue weighted by atomic mass is 10.2. The van der Waals surface area contributed by atoms with Crippen LogP contribution in [0.5, 0.6) is 5.75 Å². The first-order valence-electron chi connectivity index (χ1n) is 4.66. The molecule has 0 aliphatic heterocycles. The van der Waals surface area contributed by atoms with Crippen LogP contribution in [0.3, 0.4) is 0 Å². The van der Waals surface area contributed by atoms with Gasteiger partial charge in [-0.05, 0) is 18.6 Å². The molecule has 1 N–H and O–H groups in total. The van der Waals surface area contributed by atoms with Crippen LogP contribution in [0.2, 0.25) is 0 Å². The summed E-state index contributed by atoms with van der Waals surface area (Å²) in [6.45, 7) is 2.93. The molecule has 1 aromatic carbocycles. The van der Waals surface area contributed by atoms with Crippen molar-refractivity contribution in [2.75, 3.05) is 12.4 Å². The summed E-state index contributed by atoms with van der Waals surface area (Å²) in [5, 5.41) is 2.54. The van der Waals surface area contributed by atoms with Crippen LogP contribution in [-0.4, -0.2) is 21.4 Å². The van der Waals surface area contributed by atoms with Gasteiger partial charge in [0.1, 0.15) is 5.75 Å². The van der Waals surface area contributed by atoms with Crippen LogP contribution >= 0.6 is 10.7 Å². The summed E-state index contributed by atoms with van der Waals surface area (Å²) < 4.78 is 27.6. The third-order valence-corrected chi connectivity index (χ3v) is 3.53. The molecule has 0 atom stereocenters. The summed E-state index contributed by atoms with van der Waals surface area (Å²) >= 11 is 0. The molecule has 1 amide bonds. The maximum atomic E-state index is 11.3. The number of anilines is 1. The van der Waals surface area contributed by atoms with Crippen LogP contribution in [0.1, 0.15) is 12.5 Å². The summed E-state index contributed by atoms with van der Waals surface area (Å²) in [6.07, 6.45) is 0. The Bertz CT molecular complexity index is 554. The Labute approximate surface area is 104 Å². The zero-order valence-corrected chi connectivity index (χ0v) is 11.1. The number of rotatable bonds is 3. The highest BCUT2D eigenvalue weighted by Gasteiger charge is 2.17. The van der Waals surface area contributed by atoms with Gasteiger partial charge >= 0.3 is 0 Å². The lowest BCUT2D eigenvalue weighted by Gasteiger charge is -2.12. The van der Waals surface area contributed by atoms with Crippen molar-refractivity contribution in [2.24, 2.45) is 0 Å². The van der Waals surface area contributed by atoms with Crippen LogP contribution in [0, 0.1) is 6.92 Å². The Morgan fingerprint density at radius 2 is 2.00 bits per heavy atom. The van der Waals surface area contributed by atoms with Crippen molar-refractivity contribution in [3.8, 4) is 5.75 Å². The molecule has 0 radical (unpaired) electrons. The number of amides is 1. The van der Waals surface area contributed by atoms with Gasteiger partial charge in [0.2, 0.25) is 5.91 Å². The molecule has 0 saturated carbocycles. The van der Waals surface area contributed by atoms with Gasteiger partial charge in [0, 0.05) is 23.7 Å². The Morgan fingerprint density at radius 3 is 2.41 bits per heavy atom. The van der Waals surface area contributed by atoms with E-state index in [2.05, 4.69) is 5.32 Å². The predicted molar refractivity (Wildman–Crippen MR) is 65.1 cm³/mol. The van der Waals surface area contributed by atoms with Crippen LogP contribution in [0.4, 0.5) is 5.69 Å². The van der Waals surface area contributed by atoms with Crippen LogP contribution in [0.15, 0.2) is 17.0 Å². The minimum absolute atomic E-state index is 0.0369. The number of carbonyl (C=O) groups excluding carboxylic acids is 1. The number of methoxy groups -OCH3 is 1. The molecular weight excluding hydrogens is 266 g/mol. The third-order valence-electron chi connectivity index (χ3n) is 2.07. The summed E-state index contributed by atoms with van der Waals surface area (Å²) in [6, 6.07) is 2.78. The van der Waals surface area contributed by atoms with Gasteiger partial charge in [0.15, 0.2) is 0 Å². The van der Waals surface area contributed by atoms with Crippen molar-refractivity contribution in [3.63, 3.8) is 0 Å². The van der Waals surface area contributed by atoms with Crippen molar-refractivity contribution >= 4 is 31.3 Å². The van der Waals surface area contributed by atoms with Crippen LogP contribution in [0.25, 0.3) is 0 Å². The quantitative estimate of drug-likeness (QED) is 0.857. The number of hydrogen-bond donors (Lipinski definition) is 1. The molecule has 0 bridgehead atoms. The number of benzene rings is 1. The molecule has 1 aromatic rings. The summed E-state index contributed by atoms with van der Waals surface area (Å²) in [5.41, 5.74) is 0.839. The van der Waals surface area contributed by atoms with Crippen LogP contribution in [-0.2, 0) is 13.8 Å². The highest BCUT2D eigenvalue weighted by Crippen LogP contribution is 2.32. The van der Waals surface area contributed by atoms with Crippen molar-refractivity contribution in [1.82, 2.24) is 0 Å². The molecule has 1 rings (SSSR count). The molecule has 0 saturated heterocycles. The van der Waals surface area contributed by atoms with Gasteiger partial charge in [-0.15, -0.1) is 0 Å². The van der Waals surface area contributed by atoms with E-state index in [0.29, 0.717) is 11.3 Å². The fourth-order valence-corrected chi connectivity index (χ4v) is 2.58. The monoisotopic (exact) mass is 277 g/mol. The van der Waals surface area contributed by atoms with E-state index in [0.717, 1.165) is 0 Å². The first kappa shape index (κ1) is 13.8. The van der Waals surface area contributed by atoms with E-state index < -0.39 is 9.05 Å². The van der Waals surface area contributed by atoms with Gasteiger partial charge in [0.25, 0.3) is 9.05 Å². The fourth-order valence-electron chi connectivity index (χ4n) is 1.39. The standard InChI is InChI=1S/C10H12ClNO4S/c1-6-4-8(12-7(2)13)9(16-3)5-10(6)17(11,14)15/h4-5H,1-3H3,(H,12,13). The SMILES string of the molecule is COc1cc(S(=O)(=O)Cl)c(C)cc1NC(C)=O. The first-order chi connectivity index (χ1) is 7.75. The van der Waals surface area contributed by atoms with Crippen molar-refractivity contribution < 1.29 is 17.9 Å². The minimum Gasteiger partial charge on any atom is -0.495 e. The van der Waals surface area contributed by atoms with E-state index in [1.54, 1.807) is 6.92 Å². The van der Waals surface area contributed by atoms with E-state index in [4.69, 9.17) is 15.4 Å². The second-order valence-electron chi connectivity index (χ2n) is 3.44. The van der Waals surface area contributed by atoms with E-state index >= 15 is 0 Å². The van der Waals surface area contributed by atoms with E-state index in [1.807, 2.05) is 0 Å². The number of halogens is 1. The number of hydrogen-bond acceptors (Lipinski definition) is 4. The smallest absolute Gasteiger partial charge is 0.261 e. The zero-order chi connectivity index (χ0) is 13.2. The number of nitrogens with one attached hydrogen (secondary N) is 1. The fraction of sp³-hybridized carbons (Fsp3) is 0.300. The molecule has 0 aromatic heterocycles. The molecule has 94 valence electrons. The zero-order valence-electron chi connectivity index (χ0n) is 9.57. The largest absolute Gasteiger partial charge is 0.495 e. The molecule has 17 heavy (non-hydrogen) atoms. The van der Waals surface area contributed by atoms with Crippen molar-refractivity contribution in [3.05, 3.63) is 17.7 Å². The summed E-state index contributed by atoms with van der Waals surface area (Å²) in [4.78, 5) is 10.9. The Morgan fingerprint density at radius 1 is 1.41 bits per heavy atom. The maximum Gasteiger partial charge on any atom is 0.261 e. The Balaban J connectivity index is 3.40. The average Bonchev–Trinajstić information content (AvgIpc) is 2.14. The van der Waals surface area contributed by atoms with Gasteiger partial charge in [-0.2, -0.15) is 0 Å². The highest BCUT2D eigenvalue weighted by molar-refractivity contribution is 8.13. The molecule has 0 aliphatic rings. The maximum absolute atomic E-state index is 11.3. The molecule has 0 unspecified atom stereocenters. The Kier molecular flexibility index (Phi) is 4.00. The Hall–Kier alpha value is -1.27. The summed E-state index contributed by atoms with van der Waals surface area (Å²) in [7, 11) is 2.82. The lowest BCUT2D eigenvalue weighted by Crippen LogP contribution is -2.08. The molecule has 0 spiro atoms. The number of carbonyl (C=O) groups is 1. The second-order valence-corrected chi connectivity index (χ2v) is 5.97. The second kappa shape index (κ2) is 4.93. The number of ether oxygens (including phenoxy) is 1. The van der Waals surface area contributed by atoms with E-state index in [-0.39, 0.29) is 16.6 Å². The first-order valence-corrected chi connectivity index (χ1v) is 6.97. The van der Waals surface area contributed by atoms with E-state index in [9.17, 15) is 13.2 Å². The van der Waals surface area contributed by atoms with Gasteiger partial charge in [-0.25, -0.2) is 8.42 Å². The molecule has 5 nitrogen and oxygen atoms in total. The summed E-state index contributed by atoms with van der Waals surface area (Å²) in [5.74, 6) is -0.0331. The molecule has 0 fully saturated rings. The minimum atomic E-state index is -3.83. The normalized spacial score (nSPS) is 11.1. The topological polar surface area (TPSA) is 72.5 Å². The predicted octanol–water partition coefficient (Wildman–Crippen LogP) is 1.89. The molecule has 0 heterocycles. The highest BCUT2D eigenvalue weighted by atomic mass is 35.7. The number of aryl methyl sites for hydroxylation is 1. The van der Waals surface area contributed by atoms with E-state index in [1.165, 1.54) is 26.2 Å².